The first-order chi connectivity index (χ1) is 12.0. The predicted octanol–water partition coefficient (Wildman–Crippen LogP) is 5.24. The Kier molecular flexibility index (Phi) is 3.90. The van der Waals surface area contributed by atoms with E-state index < -0.39 is 0 Å². The van der Waals surface area contributed by atoms with Gasteiger partial charge in [-0.15, -0.1) is 5.10 Å². The van der Waals surface area contributed by atoms with Crippen molar-refractivity contribution in [1.29, 1.82) is 0 Å². The summed E-state index contributed by atoms with van der Waals surface area (Å²) in [4.78, 5) is 4.26. The molecule has 0 bridgehead atoms. The summed E-state index contributed by atoms with van der Waals surface area (Å²) in [6, 6.07) is 10.1. The minimum Gasteiger partial charge on any atom is -0.296 e. The highest BCUT2D eigenvalue weighted by Crippen LogP contribution is 2.37. The zero-order valence-corrected chi connectivity index (χ0v) is 14.6. The van der Waals surface area contributed by atoms with E-state index in [4.69, 9.17) is 23.2 Å². The third-order valence-corrected chi connectivity index (χ3v) is 4.53. The Hall–Kier alpha value is -2.50. The van der Waals surface area contributed by atoms with Crippen LogP contribution < -0.4 is 0 Å². The van der Waals surface area contributed by atoms with Gasteiger partial charge < -0.3 is 0 Å². The van der Waals surface area contributed by atoms with Crippen LogP contribution in [0, 0.1) is 12.7 Å². The molecule has 4 rings (SSSR count). The zero-order valence-electron chi connectivity index (χ0n) is 13.0. The van der Waals surface area contributed by atoms with Gasteiger partial charge in [-0.25, -0.2) is 9.37 Å². The molecule has 4 nitrogen and oxygen atoms in total. The zero-order chi connectivity index (χ0) is 17.6. The SMILES string of the molecule is Cc1ccc(-c2c(-n3cnc4cc(F)ccc43)cnnc2Cl)c(Cl)c1. The molecule has 0 aliphatic heterocycles. The normalized spacial score (nSPS) is 11.2. The van der Waals surface area contributed by atoms with Crippen LogP contribution >= 0.6 is 23.2 Å². The van der Waals surface area contributed by atoms with Gasteiger partial charge in [0.1, 0.15) is 12.1 Å². The number of hydrogen-bond acceptors (Lipinski definition) is 3. The van der Waals surface area contributed by atoms with Crippen LogP contribution in [0.15, 0.2) is 48.9 Å². The summed E-state index contributed by atoms with van der Waals surface area (Å²) in [5, 5.41) is 8.69. The smallest absolute Gasteiger partial charge is 0.161 e. The lowest BCUT2D eigenvalue weighted by Gasteiger charge is -2.13. The van der Waals surface area contributed by atoms with E-state index in [1.807, 2.05) is 25.1 Å². The van der Waals surface area contributed by atoms with Crippen molar-refractivity contribution >= 4 is 34.2 Å². The summed E-state index contributed by atoms with van der Waals surface area (Å²) < 4.78 is 15.2. The average Bonchev–Trinajstić information content (AvgIpc) is 2.98. The molecule has 0 amide bonds. The maximum atomic E-state index is 13.4. The van der Waals surface area contributed by atoms with Crippen LogP contribution in [0.3, 0.4) is 0 Å². The van der Waals surface area contributed by atoms with E-state index in [-0.39, 0.29) is 11.0 Å². The topological polar surface area (TPSA) is 43.6 Å². The van der Waals surface area contributed by atoms with Crippen molar-refractivity contribution in [3.8, 4) is 16.8 Å². The number of nitrogens with zero attached hydrogens (tertiary/aromatic N) is 4. The molecule has 0 saturated heterocycles. The van der Waals surface area contributed by atoms with Crippen LogP contribution in [0.25, 0.3) is 27.8 Å². The molecule has 0 aliphatic carbocycles. The number of benzene rings is 2. The molecule has 7 heteroatoms. The molecule has 2 heterocycles. The van der Waals surface area contributed by atoms with Gasteiger partial charge in [-0.2, -0.15) is 5.10 Å². The lowest BCUT2D eigenvalue weighted by atomic mass is 10.0. The lowest BCUT2D eigenvalue weighted by Crippen LogP contribution is -2.00. The van der Waals surface area contributed by atoms with Crippen LogP contribution in [-0.2, 0) is 0 Å². The Balaban J connectivity index is 2.01. The Morgan fingerprint density at radius 2 is 1.92 bits per heavy atom. The van der Waals surface area contributed by atoms with Crippen LogP contribution in [0.5, 0.6) is 0 Å². The Labute approximate surface area is 152 Å². The molecule has 0 fully saturated rings. The van der Waals surface area contributed by atoms with E-state index >= 15 is 0 Å². The van der Waals surface area contributed by atoms with Gasteiger partial charge in [0.25, 0.3) is 0 Å². The fourth-order valence-corrected chi connectivity index (χ4v) is 3.36. The Bertz CT molecular complexity index is 1110. The second-order valence-electron chi connectivity index (χ2n) is 5.63. The summed E-state index contributed by atoms with van der Waals surface area (Å²) in [6.07, 6.45) is 3.19. The lowest BCUT2D eigenvalue weighted by molar-refractivity contribution is 0.629. The average molecular weight is 373 g/mol. The van der Waals surface area contributed by atoms with Crippen molar-refractivity contribution in [2.75, 3.05) is 0 Å². The molecular formula is C18H11Cl2FN4. The van der Waals surface area contributed by atoms with E-state index in [2.05, 4.69) is 15.2 Å². The number of imidazole rings is 1. The molecular weight excluding hydrogens is 362 g/mol. The number of halogens is 3. The fourth-order valence-electron chi connectivity index (χ4n) is 2.79. The number of hydrogen-bond donors (Lipinski definition) is 0. The van der Waals surface area contributed by atoms with E-state index in [1.54, 1.807) is 23.2 Å². The number of rotatable bonds is 2. The van der Waals surface area contributed by atoms with Crippen molar-refractivity contribution in [3.63, 3.8) is 0 Å². The molecule has 124 valence electrons. The molecule has 4 aromatic rings. The highest BCUT2D eigenvalue weighted by atomic mass is 35.5. The van der Waals surface area contributed by atoms with Gasteiger partial charge in [-0.1, -0.05) is 35.3 Å². The molecule has 0 saturated carbocycles. The van der Waals surface area contributed by atoms with E-state index in [0.717, 1.165) is 16.6 Å². The molecule has 25 heavy (non-hydrogen) atoms. The van der Waals surface area contributed by atoms with Crippen molar-refractivity contribution in [3.05, 3.63) is 70.5 Å². The third kappa shape index (κ3) is 2.75. The minimum atomic E-state index is -0.342. The molecule has 0 N–H and O–H groups in total. The number of aromatic nitrogens is 4. The fraction of sp³-hybridized carbons (Fsp3) is 0.0556. The summed E-state index contributed by atoms with van der Waals surface area (Å²) >= 11 is 12.8. The van der Waals surface area contributed by atoms with Gasteiger partial charge in [0.05, 0.1) is 22.9 Å². The highest BCUT2D eigenvalue weighted by Gasteiger charge is 2.18. The monoisotopic (exact) mass is 372 g/mol. The first kappa shape index (κ1) is 16.0. The molecule has 0 aliphatic rings. The van der Waals surface area contributed by atoms with Gasteiger partial charge in [0, 0.05) is 22.2 Å². The third-order valence-electron chi connectivity index (χ3n) is 3.95. The summed E-state index contributed by atoms with van der Waals surface area (Å²) in [7, 11) is 0. The largest absolute Gasteiger partial charge is 0.296 e. The van der Waals surface area contributed by atoms with Gasteiger partial charge in [0.15, 0.2) is 5.15 Å². The standard InChI is InChI=1S/C18H11Cl2FN4/c1-10-2-4-12(13(19)6-10)17-16(8-23-24-18(17)20)25-9-22-14-7-11(21)3-5-15(14)25/h2-9H,1H3. The van der Waals surface area contributed by atoms with Crippen molar-refractivity contribution in [2.24, 2.45) is 0 Å². The van der Waals surface area contributed by atoms with Crippen molar-refractivity contribution in [2.45, 2.75) is 6.92 Å². The van der Waals surface area contributed by atoms with Gasteiger partial charge in [-0.3, -0.25) is 4.57 Å². The van der Waals surface area contributed by atoms with Crippen molar-refractivity contribution in [1.82, 2.24) is 19.7 Å². The van der Waals surface area contributed by atoms with Crippen LogP contribution in [0.2, 0.25) is 10.2 Å². The first-order valence-corrected chi connectivity index (χ1v) is 8.21. The maximum Gasteiger partial charge on any atom is 0.161 e. The van der Waals surface area contributed by atoms with Crippen molar-refractivity contribution < 1.29 is 4.39 Å². The minimum absolute atomic E-state index is 0.229. The summed E-state index contributed by atoms with van der Waals surface area (Å²) in [6.45, 7) is 1.96. The molecule has 0 radical (unpaired) electrons. The number of fused-ring (bicyclic) bond motifs is 1. The quantitative estimate of drug-likeness (QED) is 0.483. The molecule has 0 atom stereocenters. The van der Waals surface area contributed by atoms with Crippen LogP contribution in [-0.4, -0.2) is 19.7 Å². The molecule has 2 aromatic heterocycles. The maximum absolute atomic E-state index is 13.4. The van der Waals surface area contributed by atoms with E-state index in [1.165, 1.54) is 12.1 Å². The van der Waals surface area contributed by atoms with Gasteiger partial charge >= 0.3 is 0 Å². The van der Waals surface area contributed by atoms with E-state index in [0.29, 0.717) is 21.8 Å². The molecule has 0 unspecified atom stereocenters. The Morgan fingerprint density at radius 3 is 2.72 bits per heavy atom. The van der Waals surface area contributed by atoms with Gasteiger partial charge in [-0.05, 0) is 30.7 Å². The van der Waals surface area contributed by atoms with Gasteiger partial charge in [0.2, 0.25) is 0 Å². The van der Waals surface area contributed by atoms with Crippen LogP contribution in [0.4, 0.5) is 4.39 Å². The second kappa shape index (κ2) is 6.10. The summed E-state index contributed by atoms with van der Waals surface area (Å²) in [5.41, 5.74) is 4.36. The predicted molar refractivity (Wildman–Crippen MR) is 96.8 cm³/mol. The van der Waals surface area contributed by atoms with E-state index in [9.17, 15) is 4.39 Å². The highest BCUT2D eigenvalue weighted by molar-refractivity contribution is 6.36. The first-order valence-electron chi connectivity index (χ1n) is 7.45. The second-order valence-corrected chi connectivity index (χ2v) is 6.39. The number of aryl methyl sites for hydroxylation is 1. The Morgan fingerprint density at radius 1 is 1.08 bits per heavy atom. The molecule has 2 aromatic carbocycles. The summed E-state index contributed by atoms with van der Waals surface area (Å²) in [5.74, 6) is -0.342. The van der Waals surface area contributed by atoms with Crippen LogP contribution in [0.1, 0.15) is 5.56 Å². The molecule has 0 spiro atoms.